The summed E-state index contributed by atoms with van der Waals surface area (Å²) in [7, 11) is 0. The van der Waals surface area contributed by atoms with Crippen LogP contribution in [0.1, 0.15) is 32.3 Å². The molecule has 3 rings (SSSR count). The van der Waals surface area contributed by atoms with E-state index in [1.165, 1.54) is 22.0 Å². The summed E-state index contributed by atoms with van der Waals surface area (Å²) in [5.74, 6) is 0. The molecule has 0 aliphatic heterocycles. The van der Waals surface area contributed by atoms with Crippen molar-refractivity contribution in [2.45, 2.75) is 32.2 Å². The van der Waals surface area contributed by atoms with Crippen LogP contribution in [0.2, 0.25) is 0 Å². The number of para-hydroxylation sites is 1. The molecule has 3 aromatic carbocycles. The molecule has 0 fully saturated rings. The zero-order valence-electron chi connectivity index (χ0n) is 13.3. The van der Waals surface area contributed by atoms with E-state index < -0.39 is 0 Å². The Bertz CT molecular complexity index is 743. The summed E-state index contributed by atoms with van der Waals surface area (Å²) in [4.78, 5) is 0. The molecule has 112 valence electrons. The van der Waals surface area contributed by atoms with Crippen molar-refractivity contribution < 1.29 is 0 Å². The summed E-state index contributed by atoms with van der Waals surface area (Å²) in [6.45, 7) is 4.56. The fourth-order valence-electron chi connectivity index (χ4n) is 3.31. The molecule has 3 aromatic rings. The minimum absolute atomic E-state index is 0.0725. The molecule has 0 spiro atoms. The minimum atomic E-state index is -0.0725. The van der Waals surface area contributed by atoms with Crippen LogP contribution in [0.15, 0.2) is 72.8 Å². The van der Waals surface area contributed by atoms with Crippen LogP contribution >= 0.6 is 0 Å². The highest BCUT2D eigenvalue weighted by Crippen LogP contribution is 2.35. The van der Waals surface area contributed by atoms with E-state index in [4.69, 9.17) is 0 Å². The lowest BCUT2D eigenvalue weighted by Gasteiger charge is -2.33. The van der Waals surface area contributed by atoms with E-state index in [9.17, 15) is 0 Å². The van der Waals surface area contributed by atoms with Gasteiger partial charge in [0.05, 0.1) is 5.54 Å². The average Bonchev–Trinajstić information content (AvgIpc) is 2.55. The molecular weight excluding hydrogens is 266 g/mol. The first-order valence-electron chi connectivity index (χ1n) is 8.04. The molecule has 1 atom stereocenters. The van der Waals surface area contributed by atoms with E-state index in [1.807, 2.05) is 0 Å². The van der Waals surface area contributed by atoms with Crippen LogP contribution in [0.4, 0.5) is 5.69 Å². The van der Waals surface area contributed by atoms with Gasteiger partial charge in [-0.05, 0) is 41.8 Å². The van der Waals surface area contributed by atoms with Crippen LogP contribution in [0, 0.1) is 0 Å². The molecule has 1 heteroatoms. The van der Waals surface area contributed by atoms with Crippen molar-refractivity contribution in [3.63, 3.8) is 0 Å². The number of fused-ring (bicyclic) bond motifs is 1. The number of hydrogen-bond donors (Lipinski definition) is 1. The van der Waals surface area contributed by atoms with Gasteiger partial charge in [0.2, 0.25) is 0 Å². The lowest BCUT2D eigenvalue weighted by molar-refractivity contribution is 0.492. The maximum atomic E-state index is 3.76. The van der Waals surface area contributed by atoms with E-state index >= 15 is 0 Å². The van der Waals surface area contributed by atoms with E-state index in [0.29, 0.717) is 0 Å². The third kappa shape index (κ3) is 2.85. The second-order valence-corrected chi connectivity index (χ2v) is 6.10. The number of anilines is 1. The van der Waals surface area contributed by atoms with E-state index in [-0.39, 0.29) is 5.54 Å². The van der Waals surface area contributed by atoms with Gasteiger partial charge in [-0.25, -0.2) is 0 Å². The third-order valence-corrected chi connectivity index (χ3v) is 4.33. The second kappa shape index (κ2) is 6.23. The maximum Gasteiger partial charge on any atom is 0.0603 e. The molecule has 0 aromatic heterocycles. The van der Waals surface area contributed by atoms with Gasteiger partial charge in [-0.3, -0.25) is 0 Å². The molecular formula is C21H23N. The predicted octanol–water partition coefficient (Wildman–Crippen LogP) is 5.97. The van der Waals surface area contributed by atoms with Crippen LogP contribution in [0.25, 0.3) is 10.8 Å². The van der Waals surface area contributed by atoms with Gasteiger partial charge in [-0.15, -0.1) is 0 Å². The first-order chi connectivity index (χ1) is 10.7. The van der Waals surface area contributed by atoms with E-state index in [0.717, 1.165) is 12.8 Å². The quantitative estimate of drug-likeness (QED) is 0.610. The smallest absolute Gasteiger partial charge is 0.0603 e. The SMILES string of the molecule is CCCC(C)(Nc1ccccc1)c1cccc2ccccc12. The highest BCUT2D eigenvalue weighted by Gasteiger charge is 2.27. The van der Waals surface area contributed by atoms with Crippen LogP contribution in [-0.2, 0) is 5.54 Å². The van der Waals surface area contributed by atoms with Crippen molar-refractivity contribution in [2.24, 2.45) is 0 Å². The lowest BCUT2D eigenvalue weighted by atomic mass is 9.84. The van der Waals surface area contributed by atoms with Gasteiger partial charge in [0.1, 0.15) is 0 Å². The summed E-state index contributed by atoms with van der Waals surface area (Å²) in [5.41, 5.74) is 2.47. The molecule has 0 heterocycles. The molecule has 1 unspecified atom stereocenters. The Morgan fingerprint density at radius 2 is 1.50 bits per heavy atom. The fraction of sp³-hybridized carbons (Fsp3) is 0.238. The molecule has 0 saturated heterocycles. The molecule has 0 aliphatic rings. The largest absolute Gasteiger partial charge is 0.376 e. The molecule has 0 saturated carbocycles. The van der Waals surface area contributed by atoms with Crippen molar-refractivity contribution in [2.75, 3.05) is 5.32 Å². The molecule has 0 bridgehead atoms. The van der Waals surface area contributed by atoms with Crippen molar-refractivity contribution in [3.05, 3.63) is 78.4 Å². The fourth-order valence-corrected chi connectivity index (χ4v) is 3.31. The Morgan fingerprint density at radius 1 is 0.818 bits per heavy atom. The zero-order chi connectivity index (χ0) is 15.4. The highest BCUT2D eigenvalue weighted by molar-refractivity contribution is 5.87. The predicted molar refractivity (Wildman–Crippen MR) is 96.3 cm³/mol. The van der Waals surface area contributed by atoms with Gasteiger partial charge in [0.15, 0.2) is 0 Å². The van der Waals surface area contributed by atoms with Gasteiger partial charge in [-0.1, -0.05) is 74.0 Å². The summed E-state index contributed by atoms with van der Waals surface area (Å²) in [6, 6.07) is 25.8. The summed E-state index contributed by atoms with van der Waals surface area (Å²) in [6.07, 6.45) is 2.23. The number of rotatable bonds is 5. The highest BCUT2D eigenvalue weighted by atomic mass is 15.0. The second-order valence-electron chi connectivity index (χ2n) is 6.10. The van der Waals surface area contributed by atoms with Gasteiger partial charge in [-0.2, -0.15) is 0 Å². The van der Waals surface area contributed by atoms with Crippen molar-refractivity contribution in [1.29, 1.82) is 0 Å². The maximum absolute atomic E-state index is 3.76. The monoisotopic (exact) mass is 289 g/mol. The Labute approximate surface area is 133 Å². The zero-order valence-corrected chi connectivity index (χ0v) is 13.3. The summed E-state index contributed by atoms with van der Waals surface area (Å²) in [5, 5.41) is 6.41. The Hall–Kier alpha value is -2.28. The van der Waals surface area contributed by atoms with Crippen LogP contribution in [0.5, 0.6) is 0 Å². The van der Waals surface area contributed by atoms with Gasteiger partial charge in [0, 0.05) is 5.69 Å². The number of hydrogen-bond acceptors (Lipinski definition) is 1. The molecule has 22 heavy (non-hydrogen) atoms. The number of nitrogens with one attached hydrogen (secondary N) is 1. The van der Waals surface area contributed by atoms with Gasteiger partial charge < -0.3 is 5.32 Å². The molecule has 0 radical (unpaired) electrons. The van der Waals surface area contributed by atoms with Crippen LogP contribution < -0.4 is 5.32 Å². The first kappa shape index (κ1) is 14.6. The first-order valence-corrected chi connectivity index (χ1v) is 8.04. The average molecular weight is 289 g/mol. The van der Waals surface area contributed by atoms with Crippen LogP contribution in [0.3, 0.4) is 0 Å². The third-order valence-electron chi connectivity index (χ3n) is 4.33. The van der Waals surface area contributed by atoms with E-state index in [1.54, 1.807) is 0 Å². The van der Waals surface area contributed by atoms with Gasteiger partial charge in [0.25, 0.3) is 0 Å². The molecule has 1 N–H and O–H groups in total. The Kier molecular flexibility index (Phi) is 4.15. The minimum Gasteiger partial charge on any atom is -0.376 e. The van der Waals surface area contributed by atoms with Crippen LogP contribution in [-0.4, -0.2) is 0 Å². The standard InChI is InChI=1S/C21H23N/c1-3-16-21(2,22-18-12-5-4-6-13-18)20-15-9-11-17-10-7-8-14-19(17)20/h4-15,22H,3,16H2,1-2H3. The topological polar surface area (TPSA) is 12.0 Å². The lowest BCUT2D eigenvalue weighted by Crippen LogP contribution is -2.32. The van der Waals surface area contributed by atoms with E-state index in [2.05, 4.69) is 92.0 Å². The summed E-state index contributed by atoms with van der Waals surface area (Å²) >= 11 is 0. The van der Waals surface area contributed by atoms with Gasteiger partial charge >= 0.3 is 0 Å². The Balaban J connectivity index is 2.09. The molecule has 0 aliphatic carbocycles. The normalized spacial score (nSPS) is 13.7. The molecule has 0 amide bonds. The summed E-state index contributed by atoms with van der Waals surface area (Å²) < 4.78 is 0. The number of benzene rings is 3. The molecule has 1 nitrogen and oxygen atoms in total. The van der Waals surface area contributed by atoms with Crippen molar-refractivity contribution in [3.8, 4) is 0 Å². The van der Waals surface area contributed by atoms with Crippen molar-refractivity contribution in [1.82, 2.24) is 0 Å². The van der Waals surface area contributed by atoms with Crippen molar-refractivity contribution >= 4 is 16.5 Å². The Morgan fingerprint density at radius 3 is 2.27 bits per heavy atom.